The fourth-order valence-corrected chi connectivity index (χ4v) is 3.39. The van der Waals surface area contributed by atoms with Crippen LogP contribution in [0.4, 0.5) is 11.5 Å². The zero-order valence-electron chi connectivity index (χ0n) is 16.7. The number of aromatic nitrogens is 2. The molecule has 1 aromatic carbocycles. The predicted octanol–water partition coefficient (Wildman–Crippen LogP) is 3.42. The van der Waals surface area contributed by atoms with Crippen LogP contribution in [0.25, 0.3) is 0 Å². The maximum Gasteiger partial charge on any atom is 0.274 e. The van der Waals surface area contributed by atoms with Gasteiger partial charge in [0.15, 0.2) is 11.5 Å². The third-order valence-electron chi connectivity index (χ3n) is 4.70. The maximum atomic E-state index is 12.8. The van der Waals surface area contributed by atoms with Gasteiger partial charge < -0.3 is 24.8 Å². The number of anilines is 2. The second-order valence-electron chi connectivity index (χ2n) is 6.68. The van der Waals surface area contributed by atoms with Crippen molar-refractivity contribution in [1.82, 2.24) is 9.97 Å². The lowest BCUT2D eigenvalue weighted by atomic mass is 10.2. The summed E-state index contributed by atoms with van der Waals surface area (Å²) in [6, 6.07) is 5.43. The average molecular weight is 386 g/mol. The fourth-order valence-electron chi connectivity index (χ4n) is 3.39. The summed E-state index contributed by atoms with van der Waals surface area (Å²) < 4.78 is 16.0. The van der Waals surface area contributed by atoms with Crippen LogP contribution in [0.2, 0.25) is 0 Å². The first-order valence-corrected chi connectivity index (χ1v) is 9.27. The number of carbonyl (C=O) groups is 1. The Morgan fingerprint density at radius 2 is 1.64 bits per heavy atom. The van der Waals surface area contributed by atoms with E-state index in [1.807, 2.05) is 0 Å². The molecule has 1 amide bonds. The summed E-state index contributed by atoms with van der Waals surface area (Å²) in [6.45, 7) is 1.77. The standard InChI is InChI=1S/C20H26N4O4/c1-12-21-15(11-18(22-12)23-13-7-5-6-8-13)20(25)24-14-9-16(26-2)19(28-4)17(10-14)27-3/h9-11,13H,5-8H2,1-4H3,(H,24,25)(H,21,22,23). The number of carbonyl (C=O) groups excluding carboxylic acids is 1. The first-order chi connectivity index (χ1) is 13.5. The van der Waals surface area contributed by atoms with Crippen molar-refractivity contribution in [2.75, 3.05) is 32.0 Å². The van der Waals surface area contributed by atoms with Crippen LogP contribution in [0.3, 0.4) is 0 Å². The molecule has 1 saturated carbocycles. The summed E-state index contributed by atoms with van der Waals surface area (Å²) in [4.78, 5) is 21.4. The van der Waals surface area contributed by atoms with Crippen LogP contribution in [0.1, 0.15) is 42.0 Å². The van der Waals surface area contributed by atoms with Crippen LogP contribution < -0.4 is 24.8 Å². The third-order valence-corrected chi connectivity index (χ3v) is 4.70. The molecule has 28 heavy (non-hydrogen) atoms. The molecule has 0 unspecified atom stereocenters. The van der Waals surface area contributed by atoms with Gasteiger partial charge in [-0.25, -0.2) is 9.97 Å². The third kappa shape index (κ3) is 4.44. The highest BCUT2D eigenvalue weighted by atomic mass is 16.5. The van der Waals surface area contributed by atoms with Crippen LogP contribution in [0.5, 0.6) is 17.2 Å². The zero-order chi connectivity index (χ0) is 20.1. The van der Waals surface area contributed by atoms with Crippen molar-refractivity contribution in [3.05, 3.63) is 29.7 Å². The Hall–Kier alpha value is -3.03. The first kappa shape index (κ1) is 19.7. The Morgan fingerprint density at radius 1 is 1.00 bits per heavy atom. The number of nitrogens with zero attached hydrogens (tertiary/aromatic N) is 2. The van der Waals surface area contributed by atoms with E-state index in [4.69, 9.17) is 14.2 Å². The molecule has 0 aliphatic heterocycles. The lowest BCUT2D eigenvalue weighted by molar-refractivity contribution is 0.102. The Labute approximate surface area is 164 Å². The van der Waals surface area contributed by atoms with Crippen molar-refractivity contribution in [3.8, 4) is 17.2 Å². The van der Waals surface area contributed by atoms with E-state index < -0.39 is 0 Å². The SMILES string of the molecule is COc1cc(NC(=O)c2cc(NC3CCCC3)nc(C)n2)cc(OC)c1OC. The van der Waals surface area contributed by atoms with Crippen LogP contribution >= 0.6 is 0 Å². The van der Waals surface area contributed by atoms with Gasteiger partial charge in [0, 0.05) is 29.9 Å². The lowest BCUT2D eigenvalue weighted by Crippen LogP contribution is -2.19. The molecule has 0 spiro atoms. The van der Waals surface area contributed by atoms with Gasteiger partial charge in [0.25, 0.3) is 5.91 Å². The fraction of sp³-hybridized carbons (Fsp3) is 0.450. The van der Waals surface area contributed by atoms with Gasteiger partial charge >= 0.3 is 0 Å². The van der Waals surface area contributed by atoms with Crippen molar-refractivity contribution < 1.29 is 19.0 Å². The number of hydrogen-bond acceptors (Lipinski definition) is 7. The second kappa shape index (κ2) is 8.77. The van der Waals surface area contributed by atoms with Crippen LogP contribution in [-0.4, -0.2) is 43.2 Å². The molecule has 0 bridgehead atoms. The highest BCUT2D eigenvalue weighted by molar-refractivity contribution is 6.03. The number of methoxy groups -OCH3 is 3. The molecule has 2 N–H and O–H groups in total. The topological polar surface area (TPSA) is 94.6 Å². The number of amides is 1. The van der Waals surface area contributed by atoms with Gasteiger partial charge in [0.2, 0.25) is 5.75 Å². The van der Waals surface area contributed by atoms with Crippen LogP contribution in [-0.2, 0) is 0 Å². The van der Waals surface area contributed by atoms with E-state index in [1.54, 1.807) is 25.1 Å². The van der Waals surface area contributed by atoms with E-state index >= 15 is 0 Å². The molecule has 0 saturated heterocycles. The zero-order valence-corrected chi connectivity index (χ0v) is 16.7. The second-order valence-corrected chi connectivity index (χ2v) is 6.68. The molecule has 1 aliphatic rings. The molecule has 1 heterocycles. The predicted molar refractivity (Wildman–Crippen MR) is 107 cm³/mol. The molecule has 3 rings (SSSR count). The smallest absolute Gasteiger partial charge is 0.274 e. The number of benzene rings is 1. The largest absolute Gasteiger partial charge is 0.493 e. The Morgan fingerprint density at radius 3 is 2.21 bits per heavy atom. The monoisotopic (exact) mass is 386 g/mol. The van der Waals surface area contributed by atoms with Gasteiger partial charge in [-0.05, 0) is 19.8 Å². The summed E-state index contributed by atoms with van der Waals surface area (Å²) in [5.74, 6) is 2.25. The number of hydrogen-bond donors (Lipinski definition) is 2. The Balaban J connectivity index is 1.81. The molecular weight excluding hydrogens is 360 g/mol. The van der Waals surface area contributed by atoms with Crippen molar-refractivity contribution >= 4 is 17.4 Å². The van der Waals surface area contributed by atoms with Gasteiger partial charge in [-0.15, -0.1) is 0 Å². The van der Waals surface area contributed by atoms with Gasteiger partial charge in [-0.3, -0.25) is 4.79 Å². The van der Waals surface area contributed by atoms with E-state index in [1.165, 1.54) is 34.2 Å². The number of aryl methyl sites for hydroxylation is 1. The van der Waals surface area contributed by atoms with E-state index in [-0.39, 0.29) is 5.91 Å². The molecule has 1 aromatic heterocycles. The lowest BCUT2D eigenvalue weighted by Gasteiger charge is -2.15. The highest BCUT2D eigenvalue weighted by Crippen LogP contribution is 2.40. The van der Waals surface area contributed by atoms with E-state index in [0.29, 0.717) is 46.3 Å². The summed E-state index contributed by atoms with van der Waals surface area (Å²) in [5.41, 5.74) is 0.808. The minimum absolute atomic E-state index is 0.293. The van der Waals surface area contributed by atoms with E-state index in [2.05, 4.69) is 20.6 Å². The van der Waals surface area contributed by atoms with Crippen molar-refractivity contribution in [2.45, 2.75) is 38.6 Å². The Bertz CT molecular complexity index is 825. The van der Waals surface area contributed by atoms with Gasteiger partial charge in [-0.2, -0.15) is 0 Å². The molecule has 1 aliphatic carbocycles. The normalized spacial score (nSPS) is 13.9. The molecule has 8 nitrogen and oxygen atoms in total. The summed E-state index contributed by atoms with van der Waals surface area (Å²) >= 11 is 0. The minimum atomic E-state index is -0.339. The minimum Gasteiger partial charge on any atom is -0.493 e. The molecule has 8 heteroatoms. The van der Waals surface area contributed by atoms with E-state index in [9.17, 15) is 4.79 Å². The maximum absolute atomic E-state index is 12.8. The van der Waals surface area contributed by atoms with Crippen molar-refractivity contribution in [2.24, 2.45) is 0 Å². The quantitative estimate of drug-likeness (QED) is 0.753. The molecular formula is C20H26N4O4. The Kier molecular flexibility index (Phi) is 6.18. The molecule has 0 radical (unpaired) electrons. The molecule has 150 valence electrons. The number of nitrogens with one attached hydrogen (secondary N) is 2. The number of ether oxygens (including phenoxy) is 3. The van der Waals surface area contributed by atoms with Crippen LogP contribution in [0.15, 0.2) is 18.2 Å². The summed E-state index contributed by atoms with van der Waals surface area (Å²) in [6.07, 6.45) is 4.68. The van der Waals surface area contributed by atoms with Gasteiger partial charge in [-0.1, -0.05) is 12.8 Å². The molecule has 0 atom stereocenters. The molecule has 1 fully saturated rings. The molecule has 2 aromatic rings. The van der Waals surface area contributed by atoms with Crippen LogP contribution in [0, 0.1) is 6.92 Å². The summed E-state index contributed by atoms with van der Waals surface area (Å²) in [5, 5.41) is 6.24. The van der Waals surface area contributed by atoms with E-state index in [0.717, 1.165) is 12.8 Å². The average Bonchev–Trinajstić information content (AvgIpc) is 3.19. The highest BCUT2D eigenvalue weighted by Gasteiger charge is 2.18. The first-order valence-electron chi connectivity index (χ1n) is 9.27. The van der Waals surface area contributed by atoms with Gasteiger partial charge in [0.1, 0.15) is 17.3 Å². The summed E-state index contributed by atoms with van der Waals surface area (Å²) in [7, 11) is 4.58. The van der Waals surface area contributed by atoms with Gasteiger partial charge in [0.05, 0.1) is 21.3 Å². The van der Waals surface area contributed by atoms with Crippen molar-refractivity contribution in [1.29, 1.82) is 0 Å². The van der Waals surface area contributed by atoms with Crippen molar-refractivity contribution in [3.63, 3.8) is 0 Å². The number of rotatable bonds is 7.